The molecule has 0 saturated carbocycles. The lowest BCUT2D eigenvalue weighted by atomic mass is 10.1. The molecule has 28 heavy (non-hydrogen) atoms. The highest BCUT2D eigenvalue weighted by molar-refractivity contribution is 8.15. The van der Waals surface area contributed by atoms with E-state index in [-0.39, 0.29) is 28.7 Å². The highest BCUT2D eigenvalue weighted by atomic mass is 32.2. The fourth-order valence-electron chi connectivity index (χ4n) is 3.27. The zero-order chi connectivity index (χ0) is 19.6. The average Bonchev–Trinajstić information content (AvgIpc) is 3.32. The number of hydrogen-bond acceptors (Lipinski definition) is 7. The van der Waals surface area contributed by atoms with Gasteiger partial charge in [0.1, 0.15) is 5.76 Å². The number of aliphatic imine (C=N–C) groups is 1. The van der Waals surface area contributed by atoms with Gasteiger partial charge in [0.15, 0.2) is 15.0 Å². The van der Waals surface area contributed by atoms with E-state index in [1.807, 2.05) is 36.4 Å². The van der Waals surface area contributed by atoms with E-state index in [4.69, 9.17) is 4.42 Å². The topological polar surface area (TPSA) is 101 Å². The SMILES string of the molecule is O=C(Cc1ccc(NC2=N[C@H]3CS(=O)(=O)C[C@H]3S2)cc1)NCCc1ccco1. The van der Waals surface area contributed by atoms with Crippen LogP contribution in [0.4, 0.5) is 5.69 Å². The van der Waals surface area contributed by atoms with Crippen molar-refractivity contribution in [1.82, 2.24) is 5.32 Å². The van der Waals surface area contributed by atoms with Crippen molar-refractivity contribution in [3.63, 3.8) is 0 Å². The van der Waals surface area contributed by atoms with Gasteiger partial charge >= 0.3 is 0 Å². The lowest BCUT2D eigenvalue weighted by molar-refractivity contribution is -0.120. The third kappa shape index (κ3) is 4.77. The van der Waals surface area contributed by atoms with E-state index in [2.05, 4.69) is 15.6 Å². The molecule has 148 valence electrons. The van der Waals surface area contributed by atoms with E-state index in [9.17, 15) is 13.2 Å². The second-order valence-corrected chi connectivity index (χ2v) is 10.3. The maximum atomic E-state index is 12.0. The number of nitrogens with one attached hydrogen (secondary N) is 2. The van der Waals surface area contributed by atoms with Gasteiger partial charge in [0.2, 0.25) is 5.91 Å². The van der Waals surface area contributed by atoms with Crippen LogP contribution in [0.5, 0.6) is 0 Å². The first kappa shape index (κ1) is 19.1. The van der Waals surface area contributed by atoms with E-state index in [1.165, 1.54) is 11.8 Å². The number of amidine groups is 1. The summed E-state index contributed by atoms with van der Waals surface area (Å²) in [4.78, 5) is 16.5. The summed E-state index contributed by atoms with van der Waals surface area (Å²) in [6.45, 7) is 0.543. The van der Waals surface area contributed by atoms with Crippen molar-refractivity contribution in [2.24, 2.45) is 4.99 Å². The molecule has 1 amide bonds. The number of thioether (sulfide) groups is 1. The molecule has 1 aromatic heterocycles. The molecule has 3 heterocycles. The predicted octanol–water partition coefficient (Wildman–Crippen LogP) is 1.86. The average molecular weight is 420 g/mol. The predicted molar refractivity (Wildman–Crippen MR) is 110 cm³/mol. The van der Waals surface area contributed by atoms with Gasteiger partial charge in [0, 0.05) is 23.9 Å². The normalized spacial score (nSPS) is 22.5. The van der Waals surface area contributed by atoms with Gasteiger partial charge in [-0.2, -0.15) is 0 Å². The number of anilines is 1. The Balaban J connectivity index is 1.24. The summed E-state index contributed by atoms with van der Waals surface area (Å²) in [6, 6.07) is 11.2. The smallest absolute Gasteiger partial charge is 0.224 e. The fraction of sp³-hybridized carbons (Fsp3) is 0.368. The van der Waals surface area contributed by atoms with E-state index in [0.29, 0.717) is 19.4 Å². The third-order valence-electron chi connectivity index (χ3n) is 4.66. The second kappa shape index (κ2) is 8.00. The third-order valence-corrected chi connectivity index (χ3v) is 7.80. The van der Waals surface area contributed by atoms with Crippen molar-refractivity contribution in [2.75, 3.05) is 23.4 Å². The highest BCUT2D eigenvalue weighted by Crippen LogP contribution is 2.34. The molecule has 0 radical (unpaired) electrons. The standard InChI is InChI=1S/C19H21N3O4S2/c23-18(20-8-7-15-2-1-9-26-15)10-13-3-5-14(6-4-13)21-19-22-16-11-28(24,25)12-17(16)27-19/h1-6,9,16-17H,7-8,10-12H2,(H,20,23)(H,21,22)/t16-,17+/m0/s1. The molecule has 1 saturated heterocycles. The molecule has 1 aromatic carbocycles. The first-order valence-corrected chi connectivity index (χ1v) is 11.8. The Bertz CT molecular complexity index is 969. The van der Waals surface area contributed by atoms with Crippen LogP contribution in [-0.4, -0.2) is 48.8 Å². The number of rotatable bonds is 6. The second-order valence-electron chi connectivity index (χ2n) is 6.91. The summed E-state index contributed by atoms with van der Waals surface area (Å²) in [7, 11) is -2.94. The van der Waals surface area contributed by atoms with E-state index < -0.39 is 9.84 Å². The summed E-state index contributed by atoms with van der Waals surface area (Å²) in [5.74, 6) is 1.16. The Morgan fingerprint density at radius 1 is 1.21 bits per heavy atom. The number of sulfone groups is 1. The largest absolute Gasteiger partial charge is 0.469 e. The molecule has 0 unspecified atom stereocenters. The van der Waals surface area contributed by atoms with Gasteiger partial charge in [-0.25, -0.2) is 8.42 Å². The van der Waals surface area contributed by atoms with Gasteiger partial charge in [-0.1, -0.05) is 23.9 Å². The summed E-state index contributed by atoms with van der Waals surface area (Å²) in [5.41, 5.74) is 1.79. The van der Waals surface area contributed by atoms with Crippen molar-refractivity contribution >= 4 is 38.4 Å². The molecular weight excluding hydrogens is 398 g/mol. The molecule has 9 heteroatoms. The molecule has 0 spiro atoms. The van der Waals surface area contributed by atoms with Crippen molar-refractivity contribution < 1.29 is 17.6 Å². The number of hydrogen-bond donors (Lipinski definition) is 2. The molecule has 2 aromatic rings. The zero-order valence-corrected chi connectivity index (χ0v) is 16.8. The van der Waals surface area contributed by atoms with Crippen LogP contribution in [0, 0.1) is 0 Å². The Kier molecular flexibility index (Phi) is 5.45. The number of nitrogens with zero attached hydrogens (tertiary/aromatic N) is 1. The monoisotopic (exact) mass is 419 g/mol. The van der Waals surface area contributed by atoms with Crippen LogP contribution in [0.2, 0.25) is 0 Å². The number of benzene rings is 1. The number of amides is 1. The van der Waals surface area contributed by atoms with Crippen LogP contribution in [0.3, 0.4) is 0 Å². The van der Waals surface area contributed by atoms with Crippen molar-refractivity contribution in [3.05, 3.63) is 54.0 Å². The molecule has 2 N–H and O–H groups in total. The Morgan fingerprint density at radius 2 is 2.04 bits per heavy atom. The van der Waals surface area contributed by atoms with Crippen LogP contribution in [0.1, 0.15) is 11.3 Å². The Hall–Kier alpha value is -2.26. The van der Waals surface area contributed by atoms with Gasteiger partial charge in [0.25, 0.3) is 0 Å². The first-order chi connectivity index (χ1) is 13.5. The molecule has 7 nitrogen and oxygen atoms in total. The quantitative estimate of drug-likeness (QED) is 0.741. The van der Waals surface area contributed by atoms with E-state index in [1.54, 1.807) is 6.26 Å². The lowest BCUT2D eigenvalue weighted by Crippen LogP contribution is -2.27. The molecule has 2 aliphatic heterocycles. The molecule has 1 fully saturated rings. The van der Waals surface area contributed by atoms with E-state index >= 15 is 0 Å². The summed E-state index contributed by atoms with van der Waals surface area (Å²) < 4.78 is 28.5. The Morgan fingerprint density at radius 3 is 2.75 bits per heavy atom. The summed E-state index contributed by atoms with van der Waals surface area (Å²) in [6.07, 6.45) is 2.61. The van der Waals surface area contributed by atoms with Gasteiger partial charge < -0.3 is 15.1 Å². The lowest BCUT2D eigenvalue weighted by Gasteiger charge is -2.08. The number of carbonyl (C=O) groups excluding carboxylic acids is 1. The van der Waals surface area contributed by atoms with Crippen LogP contribution in [-0.2, 0) is 27.5 Å². The van der Waals surface area contributed by atoms with Crippen LogP contribution in [0.15, 0.2) is 52.1 Å². The van der Waals surface area contributed by atoms with Crippen molar-refractivity contribution in [3.8, 4) is 0 Å². The van der Waals surface area contributed by atoms with Crippen LogP contribution < -0.4 is 10.6 Å². The zero-order valence-electron chi connectivity index (χ0n) is 15.1. The summed E-state index contributed by atoms with van der Waals surface area (Å²) >= 11 is 1.49. The van der Waals surface area contributed by atoms with Crippen LogP contribution in [0.25, 0.3) is 0 Å². The minimum Gasteiger partial charge on any atom is -0.469 e. The van der Waals surface area contributed by atoms with Gasteiger partial charge in [-0.3, -0.25) is 9.79 Å². The maximum absolute atomic E-state index is 12.0. The Labute approximate surface area is 167 Å². The molecule has 2 atom stereocenters. The van der Waals surface area contributed by atoms with Gasteiger partial charge in [-0.05, 0) is 29.8 Å². The minimum atomic E-state index is -2.94. The molecule has 2 aliphatic rings. The highest BCUT2D eigenvalue weighted by Gasteiger charge is 2.42. The van der Waals surface area contributed by atoms with Crippen molar-refractivity contribution in [1.29, 1.82) is 0 Å². The number of fused-ring (bicyclic) bond motifs is 1. The molecular formula is C19H21N3O4S2. The van der Waals surface area contributed by atoms with Crippen LogP contribution >= 0.6 is 11.8 Å². The summed E-state index contributed by atoms with van der Waals surface area (Å²) in [5, 5.41) is 6.90. The van der Waals surface area contributed by atoms with Crippen molar-refractivity contribution in [2.45, 2.75) is 24.1 Å². The van der Waals surface area contributed by atoms with E-state index in [0.717, 1.165) is 22.2 Å². The molecule has 0 aliphatic carbocycles. The van der Waals surface area contributed by atoms with Gasteiger partial charge in [0.05, 0.1) is 30.2 Å². The molecule has 4 rings (SSSR count). The maximum Gasteiger partial charge on any atom is 0.224 e. The first-order valence-electron chi connectivity index (χ1n) is 9.07. The number of furan rings is 1. The van der Waals surface area contributed by atoms with Gasteiger partial charge in [-0.15, -0.1) is 0 Å². The minimum absolute atomic E-state index is 0.0247. The number of carbonyl (C=O) groups is 1. The fourth-order valence-corrected chi connectivity index (χ4v) is 6.95. The molecule has 0 bridgehead atoms.